The van der Waals surface area contributed by atoms with E-state index in [4.69, 9.17) is 4.42 Å². The van der Waals surface area contributed by atoms with E-state index in [9.17, 15) is 0 Å². The first-order chi connectivity index (χ1) is 9.69. The van der Waals surface area contributed by atoms with Crippen LogP contribution in [0.5, 0.6) is 0 Å². The summed E-state index contributed by atoms with van der Waals surface area (Å²) in [5.74, 6) is 1.08. The van der Waals surface area contributed by atoms with Crippen LogP contribution in [0.4, 0.5) is 0 Å². The van der Waals surface area contributed by atoms with Crippen LogP contribution in [0.1, 0.15) is 54.3 Å². The molecule has 2 rings (SSSR count). The molecule has 0 aliphatic heterocycles. The lowest BCUT2D eigenvalue weighted by Gasteiger charge is -2.22. The second-order valence-corrected chi connectivity index (χ2v) is 5.33. The Morgan fingerprint density at radius 1 is 1.10 bits per heavy atom. The van der Waals surface area contributed by atoms with Crippen LogP contribution in [0.25, 0.3) is 0 Å². The van der Waals surface area contributed by atoms with Crippen molar-refractivity contribution in [3.05, 3.63) is 58.5 Å². The van der Waals surface area contributed by atoms with Gasteiger partial charge in [0.2, 0.25) is 0 Å². The van der Waals surface area contributed by atoms with Crippen LogP contribution in [-0.4, -0.2) is 6.54 Å². The van der Waals surface area contributed by atoms with Gasteiger partial charge >= 0.3 is 0 Å². The van der Waals surface area contributed by atoms with Crippen LogP contribution in [-0.2, 0) is 6.42 Å². The van der Waals surface area contributed by atoms with Gasteiger partial charge in [-0.2, -0.15) is 0 Å². The maximum Gasteiger partial charge on any atom is 0.108 e. The number of benzene rings is 1. The first-order valence-corrected chi connectivity index (χ1v) is 7.54. The summed E-state index contributed by atoms with van der Waals surface area (Å²) < 4.78 is 5.63. The van der Waals surface area contributed by atoms with Gasteiger partial charge in [-0.05, 0) is 49.6 Å². The molecule has 1 heterocycles. The molecule has 0 bridgehead atoms. The lowest BCUT2D eigenvalue weighted by atomic mass is 9.92. The predicted molar refractivity (Wildman–Crippen MR) is 84.1 cm³/mol. The van der Waals surface area contributed by atoms with Gasteiger partial charge in [0.15, 0.2) is 0 Å². The zero-order valence-corrected chi connectivity index (χ0v) is 13.0. The van der Waals surface area contributed by atoms with E-state index in [2.05, 4.69) is 57.3 Å². The minimum absolute atomic E-state index is 0.226. The van der Waals surface area contributed by atoms with Crippen molar-refractivity contribution in [2.45, 2.75) is 46.6 Å². The summed E-state index contributed by atoms with van der Waals surface area (Å²) in [6, 6.07) is 8.87. The van der Waals surface area contributed by atoms with Gasteiger partial charge < -0.3 is 9.73 Å². The first kappa shape index (κ1) is 14.9. The van der Waals surface area contributed by atoms with Crippen molar-refractivity contribution in [1.29, 1.82) is 0 Å². The van der Waals surface area contributed by atoms with E-state index in [1.54, 1.807) is 6.26 Å². The number of aryl methyl sites for hydroxylation is 2. The summed E-state index contributed by atoms with van der Waals surface area (Å²) in [5.41, 5.74) is 5.33. The third kappa shape index (κ3) is 2.96. The van der Waals surface area contributed by atoms with Crippen molar-refractivity contribution >= 4 is 0 Å². The molecule has 0 amide bonds. The van der Waals surface area contributed by atoms with Gasteiger partial charge in [-0.1, -0.05) is 32.0 Å². The molecular weight excluding hydrogens is 246 g/mol. The van der Waals surface area contributed by atoms with Gasteiger partial charge in [0.1, 0.15) is 5.76 Å². The summed E-state index contributed by atoms with van der Waals surface area (Å²) >= 11 is 0. The van der Waals surface area contributed by atoms with E-state index < -0.39 is 0 Å². The summed E-state index contributed by atoms with van der Waals surface area (Å²) in [5, 5.41) is 3.67. The van der Waals surface area contributed by atoms with Crippen LogP contribution >= 0.6 is 0 Å². The van der Waals surface area contributed by atoms with Crippen LogP contribution in [0, 0.1) is 13.8 Å². The summed E-state index contributed by atoms with van der Waals surface area (Å²) in [6.07, 6.45) is 3.86. The molecule has 0 saturated carbocycles. The van der Waals surface area contributed by atoms with Crippen molar-refractivity contribution < 1.29 is 4.42 Å². The van der Waals surface area contributed by atoms with Crippen molar-refractivity contribution in [2.75, 3.05) is 6.54 Å². The van der Waals surface area contributed by atoms with Gasteiger partial charge in [0.05, 0.1) is 12.3 Å². The molecule has 2 aromatic rings. The minimum Gasteiger partial charge on any atom is -0.469 e. The molecule has 2 nitrogen and oxygen atoms in total. The smallest absolute Gasteiger partial charge is 0.108 e. The number of hydrogen-bond donors (Lipinski definition) is 1. The zero-order valence-electron chi connectivity index (χ0n) is 13.0. The highest BCUT2D eigenvalue weighted by molar-refractivity contribution is 5.41. The van der Waals surface area contributed by atoms with E-state index in [-0.39, 0.29) is 6.04 Å². The van der Waals surface area contributed by atoms with Gasteiger partial charge in [-0.3, -0.25) is 0 Å². The lowest BCUT2D eigenvalue weighted by Crippen LogP contribution is -2.24. The van der Waals surface area contributed by atoms with Crippen LogP contribution in [0.2, 0.25) is 0 Å². The standard InChI is InChI=1S/C18H25NO/c1-5-11-19-18(16-10-12-20-17(16)6-2)15-9-7-8-13(3)14(15)4/h7-10,12,18-19H,5-6,11H2,1-4H3. The van der Waals surface area contributed by atoms with Crippen molar-refractivity contribution in [2.24, 2.45) is 0 Å². The predicted octanol–water partition coefficient (Wildman–Crippen LogP) is 4.55. The minimum atomic E-state index is 0.226. The quantitative estimate of drug-likeness (QED) is 0.834. The third-order valence-corrected chi connectivity index (χ3v) is 3.97. The van der Waals surface area contributed by atoms with Crippen LogP contribution in [0.15, 0.2) is 34.9 Å². The monoisotopic (exact) mass is 271 g/mol. The highest BCUT2D eigenvalue weighted by Gasteiger charge is 2.20. The molecule has 1 N–H and O–H groups in total. The Kier molecular flexibility index (Phi) is 5.02. The average molecular weight is 271 g/mol. The van der Waals surface area contributed by atoms with Crippen molar-refractivity contribution in [3.63, 3.8) is 0 Å². The first-order valence-electron chi connectivity index (χ1n) is 7.54. The van der Waals surface area contributed by atoms with E-state index in [0.717, 1.165) is 25.1 Å². The van der Waals surface area contributed by atoms with E-state index in [1.165, 1.54) is 22.3 Å². The zero-order chi connectivity index (χ0) is 14.5. The maximum absolute atomic E-state index is 5.63. The van der Waals surface area contributed by atoms with E-state index in [1.807, 2.05) is 0 Å². The van der Waals surface area contributed by atoms with Gasteiger partial charge in [-0.15, -0.1) is 0 Å². The number of furan rings is 1. The van der Waals surface area contributed by atoms with Crippen molar-refractivity contribution in [3.8, 4) is 0 Å². The summed E-state index contributed by atoms with van der Waals surface area (Å²) in [7, 11) is 0. The normalized spacial score (nSPS) is 12.6. The van der Waals surface area contributed by atoms with Gasteiger partial charge in [0, 0.05) is 12.0 Å². The highest BCUT2D eigenvalue weighted by Crippen LogP contribution is 2.29. The Bertz CT molecular complexity index is 556. The summed E-state index contributed by atoms with van der Waals surface area (Å²) in [6.45, 7) is 9.72. The largest absolute Gasteiger partial charge is 0.469 e. The fourth-order valence-electron chi connectivity index (χ4n) is 2.66. The molecule has 1 unspecified atom stereocenters. The van der Waals surface area contributed by atoms with E-state index >= 15 is 0 Å². The number of hydrogen-bond acceptors (Lipinski definition) is 2. The van der Waals surface area contributed by atoms with Gasteiger partial charge in [0.25, 0.3) is 0 Å². The molecule has 0 spiro atoms. The van der Waals surface area contributed by atoms with Crippen LogP contribution in [0.3, 0.4) is 0 Å². The average Bonchev–Trinajstić information content (AvgIpc) is 2.92. The molecule has 1 aromatic carbocycles. The molecule has 0 radical (unpaired) electrons. The second-order valence-electron chi connectivity index (χ2n) is 5.33. The second kappa shape index (κ2) is 6.76. The number of nitrogens with one attached hydrogen (secondary N) is 1. The molecule has 0 fully saturated rings. The molecule has 0 aliphatic rings. The van der Waals surface area contributed by atoms with E-state index in [0.29, 0.717) is 0 Å². The third-order valence-electron chi connectivity index (χ3n) is 3.97. The van der Waals surface area contributed by atoms with Crippen LogP contribution < -0.4 is 5.32 Å². The molecule has 108 valence electrons. The SMILES string of the molecule is CCCNC(c1ccoc1CC)c1cccc(C)c1C. The highest BCUT2D eigenvalue weighted by atomic mass is 16.3. The topological polar surface area (TPSA) is 25.2 Å². The fraction of sp³-hybridized carbons (Fsp3) is 0.444. The maximum atomic E-state index is 5.63. The molecule has 0 aliphatic carbocycles. The molecule has 20 heavy (non-hydrogen) atoms. The number of rotatable bonds is 6. The van der Waals surface area contributed by atoms with Gasteiger partial charge in [-0.25, -0.2) is 0 Å². The molecular formula is C18H25NO. The van der Waals surface area contributed by atoms with Crippen molar-refractivity contribution in [1.82, 2.24) is 5.32 Å². The molecule has 0 saturated heterocycles. The fourth-order valence-corrected chi connectivity index (χ4v) is 2.66. The molecule has 1 atom stereocenters. The summed E-state index contributed by atoms with van der Waals surface area (Å²) in [4.78, 5) is 0. The Hall–Kier alpha value is -1.54. The Labute approximate surface area is 122 Å². The molecule has 1 aromatic heterocycles. The Morgan fingerprint density at radius 3 is 2.60 bits per heavy atom. The molecule has 2 heteroatoms. The Balaban J connectivity index is 2.44. The Morgan fingerprint density at radius 2 is 1.90 bits per heavy atom. The lowest BCUT2D eigenvalue weighted by molar-refractivity contribution is 0.499.